The van der Waals surface area contributed by atoms with Crippen molar-refractivity contribution in [1.82, 2.24) is 15.3 Å². The van der Waals surface area contributed by atoms with Gasteiger partial charge >= 0.3 is 0 Å². The van der Waals surface area contributed by atoms with Crippen molar-refractivity contribution in [2.75, 3.05) is 13.7 Å². The zero-order valence-corrected chi connectivity index (χ0v) is 14.4. The summed E-state index contributed by atoms with van der Waals surface area (Å²) in [6.45, 7) is 2.40. The molecule has 0 bridgehead atoms. The summed E-state index contributed by atoms with van der Waals surface area (Å²) < 4.78 is 5.78. The molecule has 0 saturated carbocycles. The first-order chi connectivity index (χ1) is 12.2. The van der Waals surface area contributed by atoms with E-state index < -0.39 is 5.60 Å². The van der Waals surface area contributed by atoms with E-state index in [4.69, 9.17) is 4.74 Å². The third-order valence-electron chi connectivity index (χ3n) is 4.48. The molecule has 25 heavy (non-hydrogen) atoms. The summed E-state index contributed by atoms with van der Waals surface area (Å²) in [6.07, 6.45) is 2.23. The standard InChI is InChI=1S/C20H21N3O2/c1-3-20(25-2,15-9-5-4-6-10-15)14-22-19(24)18-13-21-16-11-7-8-12-17(16)23-18/h4-13H,3,14H2,1-2H3,(H,22,24). The Morgan fingerprint density at radius 1 is 1.08 bits per heavy atom. The first-order valence-corrected chi connectivity index (χ1v) is 8.29. The van der Waals surface area contributed by atoms with E-state index in [0.29, 0.717) is 17.8 Å². The summed E-state index contributed by atoms with van der Waals surface area (Å²) in [4.78, 5) is 21.2. The number of hydrogen-bond donors (Lipinski definition) is 1. The van der Waals surface area contributed by atoms with Crippen molar-refractivity contribution in [3.8, 4) is 0 Å². The third kappa shape index (κ3) is 3.51. The molecule has 5 nitrogen and oxygen atoms in total. The van der Waals surface area contributed by atoms with Gasteiger partial charge in [-0.25, -0.2) is 4.98 Å². The molecule has 1 atom stereocenters. The first-order valence-electron chi connectivity index (χ1n) is 8.29. The summed E-state index contributed by atoms with van der Waals surface area (Å²) >= 11 is 0. The number of benzene rings is 2. The maximum Gasteiger partial charge on any atom is 0.271 e. The Bertz CT molecular complexity index is 861. The molecule has 3 rings (SSSR count). The highest BCUT2D eigenvalue weighted by atomic mass is 16.5. The highest BCUT2D eigenvalue weighted by Crippen LogP contribution is 2.28. The Labute approximate surface area is 147 Å². The van der Waals surface area contributed by atoms with Crippen LogP contribution in [0.2, 0.25) is 0 Å². The number of fused-ring (bicyclic) bond motifs is 1. The van der Waals surface area contributed by atoms with Gasteiger partial charge in [-0.05, 0) is 24.1 Å². The predicted octanol–water partition coefficient (Wildman–Crippen LogP) is 3.31. The van der Waals surface area contributed by atoms with Gasteiger partial charge in [-0.2, -0.15) is 0 Å². The zero-order valence-electron chi connectivity index (χ0n) is 14.4. The minimum atomic E-state index is -0.568. The van der Waals surface area contributed by atoms with Crippen molar-refractivity contribution in [3.63, 3.8) is 0 Å². The third-order valence-corrected chi connectivity index (χ3v) is 4.48. The number of methoxy groups -OCH3 is 1. The minimum absolute atomic E-state index is 0.260. The molecule has 2 aromatic carbocycles. The Morgan fingerprint density at radius 3 is 2.44 bits per heavy atom. The number of para-hydroxylation sites is 2. The lowest BCUT2D eigenvalue weighted by Crippen LogP contribution is -2.42. The number of rotatable bonds is 6. The fourth-order valence-corrected chi connectivity index (χ4v) is 2.89. The maximum absolute atomic E-state index is 12.5. The second-order valence-corrected chi connectivity index (χ2v) is 5.84. The molecule has 1 amide bonds. The van der Waals surface area contributed by atoms with Crippen LogP contribution in [0.15, 0.2) is 60.8 Å². The first kappa shape index (κ1) is 17.0. The lowest BCUT2D eigenvalue weighted by Gasteiger charge is -2.32. The van der Waals surface area contributed by atoms with E-state index in [2.05, 4.69) is 15.3 Å². The molecule has 0 saturated heterocycles. The highest BCUT2D eigenvalue weighted by Gasteiger charge is 2.30. The molecule has 0 fully saturated rings. The number of nitrogens with one attached hydrogen (secondary N) is 1. The van der Waals surface area contributed by atoms with Gasteiger partial charge < -0.3 is 10.1 Å². The normalized spacial score (nSPS) is 13.4. The summed E-state index contributed by atoms with van der Waals surface area (Å²) in [5.74, 6) is -0.260. The van der Waals surface area contributed by atoms with Crippen LogP contribution in [0.4, 0.5) is 0 Å². The number of ether oxygens (including phenoxy) is 1. The van der Waals surface area contributed by atoms with Gasteiger partial charge in [0.25, 0.3) is 5.91 Å². The van der Waals surface area contributed by atoms with Crippen LogP contribution in [-0.4, -0.2) is 29.5 Å². The van der Waals surface area contributed by atoms with Crippen molar-refractivity contribution < 1.29 is 9.53 Å². The molecule has 5 heteroatoms. The molecule has 128 valence electrons. The van der Waals surface area contributed by atoms with Gasteiger partial charge in [0.1, 0.15) is 11.3 Å². The van der Waals surface area contributed by atoms with Gasteiger partial charge in [0.05, 0.1) is 23.8 Å². The van der Waals surface area contributed by atoms with Crippen molar-refractivity contribution in [2.24, 2.45) is 0 Å². The molecule has 0 aliphatic rings. The van der Waals surface area contributed by atoms with E-state index in [1.54, 1.807) is 7.11 Å². The summed E-state index contributed by atoms with van der Waals surface area (Å²) in [5.41, 5.74) is 2.23. The highest BCUT2D eigenvalue weighted by molar-refractivity contribution is 5.93. The van der Waals surface area contributed by atoms with Gasteiger partial charge in [0.15, 0.2) is 0 Å². The van der Waals surface area contributed by atoms with Crippen molar-refractivity contribution in [1.29, 1.82) is 0 Å². The van der Waals surface area contributed by atoms with E-state index in [-0.39, 0.29) is 5.91 Å². The smallest absolute Gasteiger partial charge is 0.271 e. The predicted molar refractivity (Wildman–Crippen MR) is 97.3 cm³/mol. The van der Waals surface area contributed by atoms with Crippen LogP contribution >= 0.6 is 0 Å². The second-order valence-electron chi connectivity index (χ2n) is 5.84. The number of amides is 1. The number of hydrogen-bond acceptors (Lipinski definition) is 4. The van der Waals surface area contributed by atoms with Gasteiger partial charge in [0.2, 0.25) is 0 Å². The fourth-order valence-electron chi connectivity index (χ4n) is 2.89. The molecule has 0 aliphatic carbocycles. The van der Waals surface area contributed by atoms with Crippen LogP contribution in [0.3, 0.4) is 0 Å². The molecule has 1 unspecified atom stereocenters. The molecular formula is C20H21N3O2. The molecule has 1 heterocycles. The number of carbonyl (C=O) groups is 1. The molecule has 1 aromatic heterocycles. The fraction of sp³-hybridized carbons (Fsp3) is 0.250. The van der Waals surface area contributed by atoms with Gasteiger partial charge in [-0.15, -0.1) is 0 Å². The van der Waals surface area contributed by atoms with Gasteiger partial charge in [0, 0.05) is 7.11 Å². The summed E-state index contributed by atoms with van der Waals surface area (Å²) in [7, 11) is 1.67. The van der Waals surface area contributed by atoms with Crippen LogP contribution in [0.25, 0.3) is 11.0 Å². The summed E-state index contributed by atoms with van der Waals surface area (Å²) in [5, 5.41) is 2.94. The Hall–Kier alpha value is -2.79. The lowest BCUT2D eigenvalue weighted by molar-refractivity contribution is -0.0164. The minimum Gasteiger partial charge on any atom is -0.372 e. The average molecular weight is 335 g/mol. The number of aromatic nitrogens is 2. The largest absolute Gasteiger partial charge is 0.372 e. The number of carbonyl (C=O) groups excluding carboxylic acids is 1. The molecule has 3 aromatic rings. The van der Waals surface area contributed by atoms with E-state index in [1.807, 2.05) is 61.5 Å². The molecule has 1 N–H and O–H groups in total. The Kier molecular flexibility index (Phi) is 5.05. The van der Waals surface area contributed by atoms with Crippen LogP contribution < -0.4 is 5.32 Å². The van der Waals surface area contributed by atoms with Crippen LogP contribution in [-0.2, 0) is 10.3 Å². The van der Waals surface area contributed by atoms with Crippen LogP contribution in [0.1, 0.15) is 29.4 Å². The molecule has 0 spiro atoms. The monoisotopic (exact) mass is 335 g/mol. The van der Waals surface area contributed by atoms with E-state index in [1.165, 1.54) is 6.20 Å². The SMILES string of the molecule is CCC(CNC(=O)c1cnc2ccccc2n1)(OC)c1ccccc1. The molecule has 0 aliphatic heterocycles. The lowest BCUT2D eigenvalue weighted by atomic mass is 9.90. The molecule has 0 radical (unpaired) electrons. The van der Waals surface area contributed by atoms with E-state index in [9.17, 15) is 4.79 Å². The Morgan fingerprint density at radius 2 is 1.76 bits per heavy atom. The Balaban J connectivity index is 1.79. The topological polar surface area (TPSA) is 64.1 Å². The van der Waals surface area contributed by atoms with Crippen LogP contribution in [0.5, 0.6) is 0 Å². The quantitative estimate of drug-likeness (QED) is 0.750. The van der Waals surface area contributed by atoms with Crippen molar-refractivity contribution in [2.45, 2.75) is 18.9 Å². The van der Waals surface area contributed by atoms with E-state index >= 15 is 0 Å². The van der Waals surface area contributed by atoms with Crippen molar-refractivity contribution >= 4 is 16.9 Å². The maximum atomic E-state index is 12.5. The second kappa shape index (κ2) is 7.40. The van der Waals surface area contributed by atoms with Gasteiger partial charge in [-0.3, -0.25) is 9.78 Å². The van der Waals surface area contributed by atoms with E-state index in [0.717, 1.165) is 17.5 Å². The average Bonchev–Trinajstić information content (AvgIpc) is 2.69. The molecular weight excluding hydrogens is 314 g/mol. The van der Waals surface area contributed by atoms with Gasteiger partial charge in [-0.1, -0.05) is 49.4 Å². The van der Waals surface area contributed by atoms with Crippen LogP contribution in [0, 0.1) is 0 Å². The van der Waals surface area contributed by atoms with Crippen molar-refractivity contribution in [3.05, 3.63) is 72.1 Å². The number of nitrogens with zero attached hydrogens (tertiary/aromatic N) is 2. The zero-order chi connectivity index (χ0) is 17.7. The summed E-state index contributed by atoms with van der Waals surface area (Å²) in [6, 6.07) is 17.4.